The second-order valence-corrected chi connectivity index (χ2v) is 29.8. The standard InChI is InChI=1S/C40H35F3N4O8S.C27H19F3N4O5S.C2HF3O2.CHF3O3S/c1-40(2,3)55-39(49)45-22-30(23-45)54-36-19-32(26-15-27(41)18-28(42)16-26)33(43)20-35(36)47-34-11-10-31(17-25(34)7-12-38(47)48)56(50,51)46(37-13-14-53-44-37)21-24-5-8-29(52-4)9-6-24;28-17-7-16(8-18(29)10-17)21-11-25(39-19-13-31-14-19)24(12-22(21)30)34-23-3-2-20(9-15(23)1-4-27(34)35)40(36,37)33-26-5-6-38-32-26;3-2(4,5)1(6)7;2-1(3,4)8(5,6)7/h5-20,30H,21-23H2,1-4H3;1-12,19,31H,13-14H2,(H,32,33);(H,6,7);(H,5,6,7). The number of carboxylic acid groups (broad SMARTS) is 1. The Morgan fingerprint density at radius 2 is 1.06 bits per heavy atom. The number of nitrogens with zero attached hydrogens (tertiary/aromatic N) is 6. The van der Waals surface area contributed by atoms with Crippen LogP contribution < -0.4 is 39.7 Å². The number of anilines is 2. The molecular formula is C70H56F12N8O18S3. The SMILES string of the molecule is COc1ccc(CN(c2ccon2)S(=O)(=O)c2ccc3c(ccc(=O)n3-c3cc(F)c(-c4cc(F)cc(F)c4)cc3OC3CN(C(=O)OC(C)(C)C)C3)c2)cc1.O=C(O)C(F)(F)F.O=S(=O)(O)C(F)(F)F.O=c1ccc2cc(S(=O)(=O)Nc3ccon3)ccc2n1-c1cc(F)c(-c2cc(F)cc(F)c2)cc1OC1CNC1. The number of halogens is 12. The molecule has 0 aliphatic carbocycles. The molecule has 7 aromatic carbocycles. The van der Waals surface area contributed by atoms with E-state index in [0.29, 0.717) is 41.9 Å². The summed E-state index contributed by atoms with van der Waals surface area (Å²) in [4.78, 5) is 49.4. The van der Waals surface area contributed by atoms with Gasteiger partial charge in [-0.15, -0.1) is 0 Å². The molecule has 2 fully saturated rings. The van der Waals surface area contributed by atoms with Gasteiger partial charge in [-0.1, -0.05) is 22.4 Å². The number of methoxy groups -OCH3 is 1. The summed E-state index contributed by atoms with van der Waals surface area (Å²) in [5.74, 6) is -7.47. The van der Waals surface area contributed by atoms with Crippen LogP contribution in [0.1, 0.15) is 26.3 Å². The lowest BCUT2D eigenvalue weighted by Gasteiger charge is -2.39. The van der Waals surface area contributed by atoms with Gasteiger partial charge in [0, 0.05) is 83.5 Å². The minimum absolute atomic E-state index is 0.00825. The number of hydrogen-bond acceptors (Lipinski definition) is 19. The number of carbonyl (C=O) groups excluding carboxylic acids is 1. The summed E-state index contributed by atoms with van der Waals surface area (Å²) < 4.78 is 270. The predicted octanol–water partition coefficient (Wildman–Crippen LogP) is 12.7. The number of ether oxygens (including phenoxy) is 4. The lowest BCUT2D eigenvalue weighted by atomic mass is 10.0. The number of aromatic nitrogens is 4. The van der Waals surface area contributed by atoms with E-state index in [4.69, 9.17) is 46.3 Å². The quantitative estimate of drug-likeness (QED) is 0.0374. The summed E-state index contributed by atoms with van der Waals surface area (Å²) in [5.41, 5.74) is -6.86. The Kier molecular flexibility index (Phi) is 23.7. The van der Waals surface area contributed by atoms with E-state index in [2.05, 4.69) is 24.9 Å². The van der Waals surface area contributed by atoms with E-state index in [0.717, 1.165) is 45.3 Å². The molecule has 4 N–H and O–H groups in total. The number of benzene rings is 7. The van der Waals surface area contributed by atoms with Crippen molar-refractivity contribution in [3.8, 4) is 50.9 Å². The summed E-state index contributed by atoms with van der Waals surface area (Å²) in [6, 6.07) is 32.8. The van der Waals surface area contributed by atoms with Crippen LogP contribution in [-0.4, -0.2) is 134 Å². The molecule has 41 heteroatoms. The van der Waals surface area contributed by atoms with Gasteiger partial charge in [-0.3, -0.25) is 28.0 Å². The van der Waals surface area contributed by atoms with Gasteiger partial charge >= 0.3 is 33.9 Å². The first kappa shape index (κ1) is 81.6. The van der Waals surface area contributed by atoms with Crippen LogP contribution >= 0.6 is 0 Å². The topological polar surface area (TPSA) is 341 Å². The van der Waals surface area contributed by atoms with Crippen LogP contribution in [0, 0.1) is 34.9 Å². The minimum atomic E-state index is -5.84. The smallest absolute Gasteiger partial charge is 0.497 e. The number of hydrogen-bond donors (Lipinski definition) is 4. The van der Waals surface area contributed by atoms with Crippen molar-refractivity contribution in [3.05, 3.63) is 231 Å². The van der Waals surface area contributed by atoms with E-state index in [1.54, 1.807) is 45.0 Å². The maximum atomic E-state index is 16.0. The Labute approximate surface area is 619 Å². The average Bonchev–Trinajstić information content (AvgIpc) is 0.874. The molecule has 111 heavy (non-hydrogen) atoms. The zero-order valence-corrected chi connectivity index (χ0v) is 59.7. The van der Waals surface area contributed by atoms with Gasteiger partial charge in [-0.25, -0.2) is 57.1 Å². The second-order valence-electron chi connectivity index (χ2n) is 24.8. The van der Waals surface area contributed by atoms with Crippen LogP contribution in [0.5, 0.6) is 17.2 Å². The molecule has 13 rings (SSSR count). The van der Waals surface area contributed by atoms with Gasteiger partial charge in [-0.05, 0) is 135 Å². The highest BCUT2D eigenvalue weighted by molar-refractivity contribution is 7.93. The van der Waals surface area contributed by atoms with Gasteiger partial charge in [0.2, 0.25) is 0 Å². The van der Waals surface area contributed by atoms with E-state index in [1.807, 2.05) is 0 Å². The number of sulfonamides is 2. The predicted molar refractivity (Wildman–Crippen MR) is 371 cm³/mol. The first-order valence-electron chi connectivity index (χ1n) is 31.7. The van der Waals surface area contributed by atoms with Gasteiger partial charge in [0.1, 0.15) is 82.5 Å². The molecule has 0 saturated carbocycles. The Balaban J connectivity index is 0.000000206. The van der Waals surface area contributed by atoms with E-state index >= 15 is 8.78 Å². The molecule has 6 heterocycles. The van der Waals surface area contributed by atoms with Gasteiger partial charge < -0.3 is 43.3 Å². The summed E-state index contributed by atoms with van der Waals surface area (Å²) in [6.45, 7) is 6.29. The molecule has 0 atom stereocenters. The molecule has 0 unspecified atom stereocenters. The molecule has 1 amide bonds. The van der Waals surface area contributed by atoms with Crippen molar-refractivity contribution in [2.75, 3.05) is 42.3 Å². The first-order chi connectivity index (χ1) is 52.0. The van der Waals surface area contributed by atoms with E-state index in [-0.39, 0.29) is 109 Å². The molecule has 26 nitrogen and oxygen atoms in total. The fourth-order valence-electron chi connectivity index (χ4n) is 10.6. The van der Waals surface area contributed by atoms with E-state index in [9.17, 15) is 75.1 Å². The molecule has 2 aliphatic rings. The van der Waals surface area contributed by atoms with Crippen molar-refractivity contribution in [2.24, 2.45) is 0 Å². The maximum absolute atomic E-state index is 16.0. The van der Waals surface area contributed by atoms with Crippen LogP contribution in [0.4, 0.5) is 69.1 Å². The highest BCUT2D eigenvalue weighted by Crippen LogP contribution is 2.39. The molecule has 0 spiro atoms. The summed E-state index contributed by atoms with van der Waals surface area (Å²) >= 11 is 0. The van der Waals surface area contributed by atoms with E-state index < -0.39 is 112 Å². The van der Waals surface area contributed by atoms with Crippen molar-refractivity contribution in [1.29, 1.82) is 0 Å². The molecule has 0 radical (unpaired) electrons. The van der Waals surface area contributed by atoms with Gasteiger partial charge in [0.05, 0.1) is 58.9 Å². The van der Waals surface area contributed by atoms with Crippen molar-refractivity contribution < 1.29 is 125 Å². The number of nitrogens with one attached hydrogen (secondary N) is 2. The number of rotatable bonds is 17. The molecular weight excluding hydrogens is 1560 g/mol. The number of likely N-dealkylation sites (tertiary alicyclic amines) is 1. The number of fused-ring (bicyclic) bond motifs is 2. The number of carbonyl (C=O) groups is 2. The third-order valence-electron chi connectivity index (χ3n) is 15.8. The second kappa shape index (κ2) is 32.3. The van der Waals surface area contributed by atoms with Crippen LogP contribution in [0.15, 0.2) is 199 Å². The van der Waals surface area contributed by atoms with Gasteiger partial charge in [0.15, 0.2) is 11.6 Å². The first-order valence-corrected chi connectivity index (χ1v) is 36.1. The lowest BCUT2D eigenvalue weighted by molar-refractivity contribution is -0.192. The lowest BCUT2D eigenvalue weighted by Crippen LogP contribution is -2.57. The molecule has 4 aromatic heterocycles. The van der Waals surface area contributed by atoms with Crippen LogP contribution in [0.2, 0.25) is 0 Å². The highest BCUT2D eigenvalue weighted by Gasteiger charge is 2.45. The van der Waals surface area contributed by atoms with Crippen LogP contribution in [0.3, 0.4) is 0 Å². The van der Waals surface area contributed by atoms with Crippen molar-refractivity contribution in [3.63, 3.8) is 0 Å². The number of alkyl halides is 6. The van der Waals surface area contributed by atoms with Gasteiger partial charge in [0.25, 0.3) is 31.2 Å². The fourth-order valence-corrected chi connectivity index (χ4v) is 13.0. The number of pyridine rings is 2. The minimum Gasteiger partial charge on any atom is -0.497 e. The summed E-state index contributed by atoms with van der Waals surface area (Å²) in [6.07, 6.45) is -4.09. The largest absolute Gasteiger partial charge is 0.522 e. The molecule has 2 aliphatic heterocycles. The molecule has 0 bridgehead atoms. The third kappa shape index (κ3) is 19.6. The Hall–Kier alpha value is -12.0. The third-order valence-corrected chi connectivity index (χ3v) is 19.4. The maximum Gasteiger partial charge on any atom is 0.522 e. The zero-order valence-electron chi connectivity index (χ0n) is 57.2. The van der Waals surface area contributed by atoms with E-state index in [1.165, 1.54) is 114 Å². The molecule has 586 valence electrons. The normalized spacial score (nSPS) is 13.4. The number of aliphatic carboxylic acids is 1. The molecule has 2 saturated heterocycles. The highest BCUT2D eigenvalue weighted by atomic mass is 32.2. The van der Waals surface area contributed by atoms with Crippen molar-refractivity contribution in [1.82, 2.24) is 29.7 Å². The average molecular weight is 1620 g/mol. The zero-order chi connectivity index (χ0) is 81.0. The van der Waals surface area contributed by atoms with Crippen LogP contribution in [-0.2, 0) is 46.2 Å². The van der Waals surface area contributed by atoms with Gasteiger partial charge in [-0.2, -0.15) is 34.8 Å². The summed E-state index contributed by atoms with van der Waals surface area (Å²) in [7, 11) is -12.7. The summed E-state index contributed by atoms with van der Waals surface area (Å²) in [5, 5.41) is 18.2. The Bertz CT molecular complexity index is 5770. The Morgan fingerprint density at radius 3 is 1.48 bits per heavy atom. The monoisotopic (exact) mass is 1620 g/mol. The van der Waals surface area contributed by atoms with Crippen LogP contribution in [0.25, 0.3) is 55.4 Å². The fraction of sp³-hybridized carbons (Fsp3) is 0.200. The number of carboxylic acids is 1. The van der Waals surface area contributed by atoms with Crippen molar-refractivity contribution >= 4 is 75.7 Å². The molecule has 11 aromatic rings. The van der Waals surface area contributed by atoms with Crippen molar-refractivity contribution in [2.45, 2.75) is 66.6 Å². The number of amides is 1. The Morgan fingerprint density at radius 1 is 0.604 bits per heavy atom.